The third kappa shape index (κ3) is 3.29. The van der Waals surface area contributed by atoms with Crippen LogP contribution in [0.25, 0.3) is 22.9 Å². The number of hydrogen-bond donors (Lipinski definition) is 1. The Labute approximate surface area is 153 Å². The molecule has 0 saturated heterocycles. The summed E-state index contributed by atoms with van der Waals surface area (Å²) in [6.45, 7) is 0. The molecular formula is C19H16N2O4S. The van der Waals surface area contributed by atoms with Crippen LogP contribution in [-0.2, 0) is 11.8 Å². The number of hydrogen-bond acceptors (Lipinski definition) is 6. The number of nitrogens with zero attached hydrogens (tertiary/aromatic N) is 2. The van der Waals surface area contributed by atoms with Crippen molar-refractivity contribution in [1.29, 1.82) is 0 Å². The Hall–Kier alpha value is -3.19. The van der Waals surface area contributed by atoms with Crippen molar-refractivity contribution in [3.8, 4) is 16.5 Å². The van der Waals surface area contributed by atoms with Gasteiger partial charge < -0.3 is 9.84 Å². The topological polar surface area (TPSA) is 81.4 Å². The molecule has 0 fully saturated rings. The maximum absolute atomic E-state index is 12.3. The van der Waals surface area contributed by atoms with Crippen LogP contribution in [0.4, 0.5) is 0 Å². The molecule has 132 valence electrons. The van der Waals surface area contributed by atoms with Gasteiger partial charge in [0, 0.05) is 7.05 Å². The van der Waals surface area contributed by atoms with Crippen LogP contribution in [0.3, 0.4) is 0 Å². The molecule has 0 aliphatic heterocycles. The van der Waals surface area contributed by atoms with Gasteiger partial charge in [-0.05, 0) is 22.6 Å². The van der Waals surface area contributed by atoms with Crippen LogP contribution in [0.1, 0.15) is 21.6 Å². The Kier molecular flexibility index (Phi) is 4.99. The Morgan fingerprint density at radius 1 is 1.23 bits per heavy atom. The number of rotatable bonds is 4. The average Bonchev–Trinajstić information content (AvgIpc) is 3.13. The molecule has 0 saturated carbocycles. The second-order valence-electron chi connectivity index (χ2n) is 5.44. The Morgan fingerprint density at radius 2 is 1.96 bits per heavy atom. The fraction of sp³-hybridized carbons (Fsp3) is 0.105. The fourth-order valence-corrected chi connectivity index (χ4v) is 3.33. The first-order chi connectivity index (χ1) is 12.5. The molecule has 0 spiro atoms. The van der Waals surface area contributed by atoms with E-state index in [0.29, 0.717) is 4.88 Å². The summed E-state index contributed by atoms with van der Waals surface area (Å²) in [5.41, 5.74) is 0.786. The van der Waals surface area contributed by atoms with E-state index in [0.717, 1.165) is 11.1 Å². The van der Waals surface area contributed by atoms with Gasteiger partial charge in [0.2, 0.25) is 5.75 Å². The van der Waals surface area contributed by atoms with Gasteiger partial charge in [0.15, 0.2) is 11.5 Å². The average molecular weight is 368 g/mol. The van der Waals surface area contributed by atoms with Crippen LogP contribution < -0.4 is 5.56 Å². The number of thiophene rings is 1. The summed E-state index contributed by atoms with van der Waals surface area (Å²) in [5, 5.41) is 11.8. The van der Waals surface area contributed by atoms with Gasteiger partial charge in [-0.15, -0.1) is 11.3 Å². The van der Waals surface area contributed by atoms with Gasteiger partial charge in [0.1, 0.15) is 0 Å². The van der Waals surface area contributed by atoms with E-state index in [1.165, 1.54) is 30.1 Å². The van der Waals surface area contributed by atoms with Gasteiger partial charge in [0.25, 0.3) is 5.56 Å². The van der Waals surface area contributed by atoms with Crippen molar-refractivity contribution in [2.75, 3.05) is 7.11 Å². The fourth-order valence-electron chi connectivity index (χ4n) is 2.41. The molecule has 3 rings (SSSR count). The molecule has 0 atom stereocenters. The number of carbonyl (C=O) groups is 1. The van der Waals surface area contributed by atoms with Crippen LogP contribution >= 0.6 is 11.3 Å². The van der Waals surface area contributed by atoms with Crippen molar-refractivity contribution < 1.29 is 14.6 Å². The van der Waals surface area contributed by atoms with E-state index < -0.39 is 23.0 Å². The lowest BCUT2D eigenvalue weighted by Crippen LogP contribution is -2.23. The maximum Gasteiger partial charge on any atom is 0.360 e. The van der Waals surface area contributed by atoms with Crippen molar-refractivity contribution in [1.82, 2.24) is 9.55 Å². The third-order valence-corrected chi connectivity index (χ3v) is 4.73. The van der Waals surface area contributed by atoms with E-state index in [2.05, 4.69) is 9.72 Å². The predicted molar refractivity (Wildman–Crippen MR) is 101 cm³/mol. The first-order valence-corrected chi connectivity index (χ1v) is 8.60. The van der Waals surface area contributed by atoms with E-state index in [4.69, 9.17) is 0 Å². The minimum Gasteiger partial charge on any atom is -0.501 e. The molecule has 7 heteroatoms. The number of esters is 1. The summed E-state index contributed by atoms with van der Waals surface area (Å²) >= 11 is 1.39. The van der Waals surface area contributed by atoms with E-state index in [-0.39, 0.29) is 5.82 Å². The second kappa shape index (κ2) is 7.37. The summed E-state index contributed by atoms with van der Waals surface area (Å²) in [6.07, 6.45) is 3.86. The van der Waals surface area contributed by atoms with Crippen LogP contribution in [0, 0.1) is 0 Å². The highest BCUT2D eigenvalue weighted by molar-refractivity contribution is 7.13. The number of ether oxygens (including phenoxy) is 1. The molecule has 1 N–H and O–H groups in total. The lowest BCUT2D eigenvalue weighted by molar-refractivity contribution is 0.0589. The monoisotopic (exact) mass is 368 g/mol. The predicted octanol–water partition coefficient (Wildman–Crippen LogP) is 3.17. The zero-order valence-electron chi connectivity index (χ0n) is 14.2. The van der Waals surface area contributed by atoms with Gasteiger partial charge in [0.05, 0.1) is 12.0 Å². The van der Waals surface area contributed by atoms with Crippen LogP contribution in [0.15, 0.2) is 46.6 Å². The highest BCUT2D eigenvalue weighted by Crippen LogP contribution is 2.30. The maximum atomic E-state index is 12.3. The minimum atomic E-state index is -0.862. The van der Waals surface area contributed by atoms with Gasteiger partial charge in [-0.1, -0.05) is 42.5 Å². The minimum absolute atomic E-state index is 0.288. The summed E-state index contributed by atoms with van der Waals surface area (Å²) in [7, 11) is 2.66. The zero-order chi connectivity index (χ0) is 18.7. The lowest BCUT2D eigenvalue weighted by atomic mass is 10.1. The molecule has 0 amide bonds. The molecular weight excluding hydrogens is 352 g/mol. The van der Waals surface area contributed by atoms with E-state index >= 15 is 0 Å². The smallest absolute Gasteiger partial charge is 0.360 e. The van der Waals surface area contributed by atoms with Crippen molar-refractivity contribution in [3.63, 3.8) is 0 Å². The molecule has 1 aromatic carbocycles. The molecule has 2 aromatic heterocycles. The SMILES string of the molecule is COC(=O)c1nc(-c2sccc2C=Cc2ccccc2)n(C)c(=O)c1O. The van der Waals surface area contributed by atoms with Crippen LogP contribution in [-0.4, -0.2) is 27.7 Å². The van der Waals surface area contributed by atoms with Crippen molar-refractivity contribution in [2.24, 2.45) is 7.05 Å². The zero-order valence-corrected chi connectivity index (χ0v) is 15.0. The van der Waals surface area contributed by atoms with E-state index in [9.17, 15) is 14.7 Å². The van der Waals surface area contributed by atoms with E-state index in [1.807, 2.05) is 53.9 Å². The summed E-state index contributed by atoms with van der Waals surface area (Å²) < 4.78 is 5.82. The van der Waals surface area contributed by atoms with Crippen molar-refractivity contribution in [3.05, 3.63) is 69.0 Å². The van der Waals surface area contributed by atoms with Crippen molar-refractivity contribution in [2.45, 2.75) is 0 Å². The van der Waals surface area contributed by atoms with Gasteiger partial charge in [-0.25, -0.2) is 9.78 Å². The van der Waals surface area contributed by atoms with Crippen LogP contribution in [0.2, 0.25) is 0 Å². The van der Waals surface area contributed by atoms with Gasteiger partial charge in [-0.2, -0.15) is 0 Å². The molecule has 0 aliphatic rings. The largest absolute Gasteiger partial charge is 0.501 e. The normalized spacial score (nSPS) is 11.0. The quantitative estimate of drug-likeness (QED) is 0.716. The number of carbonyl (C=O) groups excluding carboxylic acids is 1. The number of benzene rings is 1. The number of aromatic hydroxyl groups is 1. The molecule has 0 unspecified atom stereocenters. The molecule has 26 heavy (non-hydrogen) atoms. The Morgan fingerprint density at radius 3 is 2.65 bits per heavy atom. The Bertz CT molecular complexity index is 1040. The molecule has 6 nitrogen and oxygen atoms in total. The summed E-state index contributed by atoms with van der Waals surface area (Å²) in [6, 6.07) is 11.7. The number of aromatic nitrogens is 2. The molecule has 3 aromatic rings. The second-order valence-corrected chi connectivity index (χ2v) is 6.35. The summed E-state index contributed by atoms with van der Waals surface area (Å²) in [5.74, 6) is -1.30. The third-order valence-electron chi connectivity index (χ3n) is 3.80. The highest BCUT2D eigenvalue weighted by atomic mass is 32.1. The molecule has 2 heterocycles. The van der Waals surface area contributed by atoms with E-state index in [1.54, 1.807) is 0 Å². The molecule has 0 radical (unpaired) electrons. The van der Waals surface area contributed by atoms with Gasteiger partial charge in [-0.3, -0.25) is 9.36 Å². The van der Waals surface area contributed by atoms with Crippen LogP contribution in [0.5, 0.6) is 5.75 Å². The first kappa shape index (κ1) is 17.6. The highest BCUT2D eigenvalue weighted by Gasteiger charge is 2.22. The van der Waals surface area contributed by atoms with Crippen molar-refractivity contribution >= 4 is 29.5 Å². The number of methoxy groups -OCH3 is 1. The van der Waals surface area contributed by atoms with Gasteiger partial charge >= 0.3 is 5.97 Å². The lowest BCUT2D eigenvalue weighted by Gasteiger charge is -2.10. The summed E-state index contributed by atoms with van der Waals surface area (Å²) in [4.78, 5) is 29.0. The molecule has 0 aliphatic carbocycles. The first-order valence-electron chi connectivity index (χ1n) is 7.72. The Balaban J connectivity index is 2.10. The standard InChI is InChI=1S/C19H16N2O4S/c1-21-17(20-14(19(24)25-2)15(22)18(21)23)16-13(10-11-26-16)9-8-12-6-4-3-5-7-12/h3-11,22H,1-2H3. The molecule has 0 bridgehead atoms.